The van der Waals surface area contributed by atoms with Gasteiger partial charge in [-0.3, -0.25) is 9.78 Å². The third-order valence-corrected chi connectivity index (χ3v) is 3.86. The van der Waals surface area contributed by atoms with Crippen molar-refractivity contribution in [1.29, 1.82) is 0 Å². The molecule has 0 bridgehead atoms. The van der Waals surface area contributed by atoms with Crippen LogP contribution in [0.25, 0.3) is 0 Å². The van der Waals surface area contributed by atoms with Gasteiger partial charge < -0.3 is 10.4 Å². The number of amides is 1. The number of carbonyl (C=O) groups excluding carboxylic acids is 1. The van der Waals surface area contributed by atoms with Crippen LogP contribution in [0.2, 0.25) is 0 Å². The lowest BCUT2D eigenvalue weighted by Crippen LogP contribution is -2.26. The third kappa shape index (κ3) is 3.12. The molecule has 0 saturated carbocycles. The third-order valence-electron chi connectivity index (χ3n) is 2.88. The zero-order valence-electron chi connectivity index (χ0n) is 11.1. The molecule has 0 aliphatic carbocycles. The zero-order chi connectivity index (χ0) is 14.0. The van der Waals surface area contributed by atoms with Crippen molar-refractivity contribution in [2.24, 2.45) is 0 Å². The van der Waals surface area contributed by atoms with Crippen LogP contribution in [0.4, 0.5) is 0 Å². The van der Waals surface area contributed by atoms with Crippen molar-refractivity contribution in [2.75, 3.05) is 0 Å². The minimum atomic E-state index is -0.237. The number of thiophene rings is 1. The Balaban J connectivity index is 2.13. The van der Waals surface area contributed by atoms with Gasteiger partial charge in [-0.2, -0.15) is 0 Å². The number of rotatable bonds is 3. The predicted octanol–water partition coefficient (Wildman–Crippen LogP) is 2.96. The molecule has 0 saturated heterocycles. The van der Waals surface area contributed by atoms with Crippen LogP contribution >= 0.6 is 11.3 Å². The second-order valence-corrected chi connectivity index (χ2v) is 5.96. The summed E-state index contributed by atoms with van der Waals surface area (Å²) in [6.45, 7) is 6.04. The number of pyridine rings is 1. The summed E-state index contributed by atoms with van der Waals surface area (Å²) in [6.07, 6.45) is 2.74. The number of hydrogen-bond acceptors (Lipinski definition) is 4. The quantitative estimate of drug-likeness (QED) is 0.906. The molecule has 0 aliphatic heterocycles. The van der Waals surface area contributed by atoms with E-state index in [4.69, 9.17) is 0 Å². The summed E-state index contributed by atoms with van der Waals surface area (Å²) in [5.74, 6) is -0.248. The largest absolute Gasteiger partial charge is 0.506 e. The molecule has 0 radical (unpaired) electrons. The number of aromatic nitrogens is 1. The SMILES string of the molecule is Cc1cc(C(C)NC(=O)c2cncc(O)c2)c(C)s1. The van der Waals surface area contributed by atoms with Crippen LogP contribution in [0.1, 0.15) is 38.6 Å². The second kappa shape index (κ2) is 5.40. The first-order valence-electron chi connectivity index (χ1n) is 5.99. The van der Waals surface area contributed by atoms with Gasteiger partial charge in [-0.05, 0) is 38.5 Å². The van der Waals surface area contributed by atoms with Crippen LogP contribution in [0.5, 0.6) is 5.75 Å². The van der Waals surface area contributed by atoms with E-state index in [1.807, 2.05) is 13.8 Å². The molecule has 1 unspecified atom stereocenters. The standard InChI is InChI=1S/C14H16N2O2S/c1-8-4-13(10(3)19-8)9(2)16-14(18)11-5-12(17)7-15-6-11/h4-7,9,17H,1-3H3,(H,16,18). The van der Waals surface area contributed by atoms with Crippen LogP contribution in [-0.4, -0.2) is 16.0 Å². The molecular weight excluding hydrogens is 260 g/mol. The van der Waals surface area contributed by atoms with Crippen molar-refractivity contribution >= 4 is 17.2 Å². The van der Waals surface area contributed by atoms with Crippen molar-refractivity contribution in [3.63, 3.8) is 0 Å². The van der Waals surface area contributed by atoms with Crippen molar-refractivity contribution in [3.8, 4) is 5.75 Å². The molecule has 0 fully saturated rings. The van der Waals surface area contributed by atoms with Gasteiger partial charge in [-0.25, -0.2) is 0 Å². The smallest absolute Gasteiger partial charge is 0.253 e. The molecule has 2 rings (SSSR count). The topological polar surface area (TPSA) is 62.2 Å². The maximum absolute atomic E-state index is 12.0. The highest BCUT2D eigenvalue weighted by molar-refractivity contribution is 7.12. The molecule has 2 heterocycles. The molecule has 1 amide bonds. The lowest BCUT2D eigenvalue weighted by molar-refractivity contribution is 0.0939. The first kappa shape index (κ1) is 13.5. The van der Waals surface area contributed by atoms with Crippen LogP contribution in [0.3, 0.4) is 0 Å². The average molecular weight is 276 g/mol. The first-order chi connectivity index (χ1) is 8.97. The van der Waals surface area contributed by atoms with Gasteiger partial charge in [0.2, 0.25) is 0 Å². The molecule has 1 atom stereocenters. The summed E-state index contributed by atoms with van der Waals surface area (Å²) in [5.41, 5.74) is 1.49. The average Bonchev–Trinajstić information content (AvgIpc) is 2.68. The number of aromatic hydroxyl groups is 1. The Morgan fingerprint density at radius 2 is 2.11 bits per heavy atom. The van der Waals surface area contributed by atoms with Crippen molar-refractivity contribution in [2.45, 2.75) is 26.8 Å². The Bertz CT molecular complexity index is 607. The molecule has 0 spiro atoms. The van der Waals surface area contributed by atoms with Crippen LogP contribution < -0.4 is 5.32 Å². The summed E-state index contributed by atoms with van der Waals surface area (Å²) in [7, 11) is 0. The van der Waals surface area contributed by atoms with Gasteiger partial charge in [0.1, 0.15) is 5.75 Å². The lowest BCUT2D eigenvalue weighted by Gasteiger charge is -2.13. The maximum Gasteiger partial charge on any atom is 0.253 e. The van der Waals surface area contributed by atoms with Crippen molar-refractivity contribution in [1.82, 2.24) is 10.3 Å². The minimum absolute atomic E-state index is 0.0112. The van der Waals surface area contributed by atoms with E-state index in [0.29, 0.717) is 5.56 Å². The minimum Gasteiger partial charge on any atom is -0.506 e. The summed E-state index contributed by atoms with van der Waals surface area (Å²) in [6, 6.07) is 3.42. The highest BCUT2D eigenvalue weighted by Crippen LogP contribution is 2.26. The molecule has 19 heavy (non-hydrogen) atoms. The second-order valence-electron chi connectivity index (χ2n) is 4.50. The molecule has 2 aromatic rings. The van der Waals surface area contributed by atoms with Gasteiger partial charge in [-0.1, -0.05) is 0 Å². The Labute approximate surface area is 116 Å². The first-order valence-corrected chi connectivity index (χ1v) is 6.81. The molecular formula is C14H16N2O2S. The summed E-state index contributed by atoms with van der Waals surface area (Å²) >= 11 is 1.72. The van der Waals surface area contributed by atoms with Crippen molar-refractivity contribution in [3.05, 3.63) is 45.4 Å². The fourth-order valence-corrected chi connectivity index (χ4v) is 3.01. The summed E-state index contributed by atoms with van der Waals surface area (Å²) < 4.78 is 0. The van der Waals surface area contributed by atoms with Gasteiger partial charge in [0.25, 0.3) is 5.91 Å². The molecule has 2 N–H and O–H groups in total. The van der Waals surface area contributed by atoms with E-state index in [0.717, 1.165) is 5.56 Å². The Morgan fingerprint density at radius 3 is 2.68 bits per heavy atom. The van der Waals surface area contributed by atoms with Crippen LogP contribution in [0.15, 0.2) is 24.5 Å². The number of aryl methyl sites for hydroxylation is 2. The van der Waals surface area contributed by atoms with Crippen LogP contribution in [-0.2, 0) is 0 Å². The monoisotopic (exact) mass is 276 g/mol. The molecule has 2 aromatic heterocycles. The van der Waals surface area contributed by atoms with Gasteiger partial charge in [-0.15, -0.1) is 11.3 Å². The lowest BCUT2D eigenvalue weighted by atomic mass is 10.1. The Morgan fingerprint density at radius 1 is 1.37 bits per heavy atom. The highest BCUT2D eigenvalue weighted by Gasteiger charge is 2.15. The van der Waals surface area contributed by atoms with Gasteiger partial charge >= 0.3 is 0 Å². The number of nitrogens with one attached hydrogen (secondary N) is 1. The zero-order valence-corrected chi connectivity index (χ0v) is 11.9. The van der Waals surface area contributed by atoms with E-state index in [1.165, 1.54) is 28.2 Å². The number of hydrogen-bond donors (Lipinski definition) is 2. The summed E-state index contributed by atoms with van der Waals surface area (Å²) in [5, 5.41) is 12.2. The fourth-order valence-electron chi connectivity index (χ4n) is 1.99. The highest BCUT2D eigenvalue weighted by atomic mass is 32.1. The molecule has 4 nitrogen and oxygen atoms in total. The van der Waals surface area contributed by atoms with E-state index >= 15 is 0 Å². The van der Waals surface area contributed by atoms with Gasteiger partial charge in [0.15, 0.2) is 0 Å². The van der Waals surface area contributed by atoms with E-state index < -0.39 is 0 Å². The normalized spacial score (nSPS) is 12.2. The Kier molecular flexibility index (Phi) is 3.85. The van der Waals surface area contributed by atoms with E-state index in [9.17, 15) is 9.90 Å². The molecule has 0 aromatic carbocycles. The van der Waals surface area contributed by atoms with Crippen LogP contribution in [0, 0.1) is 13.8 Å². The Hall–Kier alpha value is -1.88. The van der Waals surface area contributed by atoms with E-state index in [2.05, 4.69) is 23.3 Å². The number of carbonyl (C=O) groups is 1. The van der Waals surface area contributed by atoms with E-state index in [-0.39, 0.29) is 17.7 Å². The maximum atomic E-state index is 12.0. The molecule has 5 heteroatoms. The predicted molar refractivity (Wildman–Crippen MR) is 75.6 cm³/mol. The molecule has 0 aliphatic rings. The van der Waals surface area contributed by atoms with Gasteiger partial charge in [0.05, 0.1) is 17.8 Å². The molecule has 100 valence electrons. The summed E-state index contributed by atoms with van der Waals surface area (Å²) in [4.78, 5) is 18.3. The van der Waals surface area contributed by atoms with E-state index in [1.54, 1.807) is 11.3 Å². The number of nitrogens with zero attached hydrogens (tertiary/aromatic N) is 1. The van der Waals surface area contributed by atoms with Crippen molar-refractivity contribution < 1.29 is 9.90 Å². The van der Waals surface area contributed by atoms with Gasteiger partial charge in [0, 0.05) is 16.0 Å². The fraction of sp³-hybridized carbons (Fsp3) is 0.286.